The molecule has 1 aromatic rings. The van der Waals surface area contributed by atoms with E-state index >= 15 is 0 Å². The van der Waals surface area contributed by atoms with Gasteiger partial charge in [-0.15, -0.1) is 0 Å². The van der Waals surface area contributed by atoms with Gasteiger partial charge in [-0.05, 0) is 67.5 Å². The van der Waals surface area contributed by atoms with E-state index in [0.717, 1.165) is 29.8 Å². The lowest BCUT2D eigenvalue weighted by atomic mass is 9.85. The summed E-state index contributed by atoms with van der Waals surface area (Å²) in [4.78, 5) is 12.6. The Bertz CT molecular complexity index is 517. The lowest BCUT2D eigenvalue weighted by Crippen LogP contribution is -2.28. The molecule has 1 aliphatic carbocycles. The molecule has 0 saturated heterocycles. The largest absolute Gasteiger partial charge is 0.497 e. The van der Waals surface area contributed by atoms with E-state index in [1.807, 2.05) is 39.0 Å². The van der Waals surface area contributed by atoms with Crippen LogP contribution in [0.3, 0.4) is 0 Å². The van der Waals surface area contributed by atoms with Gasteiger partial charge in [0.1, 0.15) is 5.75 Å². The van der Waals surface area contributed by atoms with E-state index in [9.17, 15) is 4.79 Å². The number of hydrogen-bond donors (Lipinski definition) is 2. The quantitative estimate of drug-likeness (QED) is 0.657. The molecule has 0 aliphatic heterocycles. The Morgan fingerprint density at radius 3 is 2.32 bits per heavy atom. The minimum absolute atomic E-state index is 0.140. The second-order valence-electron chi connectivity index (χ2n) is 6.76. The van der Waals surface area contributed by atoms with Gasteiger partial charge in [0.15, 0.2) is 0 Å². The Hall–Kier alpha value is -1.16. The number of hydrogen-bond acceptors (Lipinski definition) is 3. The highest BCUT2D eigenvalue weighted by Gasteiger charge is 2.38. The van der Waals surface area contributed by atoms with Crippen molar-refractivity contribution in [2.45, 2.75) is 54.4 Å². The fourth-order valence-electron chi connectivity index (χ4n) is 3.50. The highest BCUT2D eigenvalue weighted by atomic mass is 32.1. The van der Waals surface area contributed by atoms with Crippen LogP contribution in [0.25, 0.3) is 0 Å². The van der Waals surface area contributed by atoms with Crippen molar-refractivity contribution < 1.29 is 9.53 Å². The highest BCUT2D eigenvalue weighted by Crippen LogP contribution is 2.41. The Labute approximate surface area is 160 Å². The van der Waals surface area contributed by atoms with Crippen molar-refractivity contribution in [3.63, 3.8) is 0 Å². The molecule has 2 rings (SSSR count). The van der Waals surface area contributed by atoms with Gasteiger partial charge in [0.05, 0.1) is 7.11 Å². The Balaban J connectivity index is 0.00000134. The fraction of sp³-hybridized carbons (Fsp3) is 0.667. The van der Waals surface area contributed by atoms with Crippen molar-refractivity contribution in [1.29, 1.82) is 0 Å². The van der Waals surface area contributed by atoms with Crippen LogP contribution in [-0.2, 0) is 4.79 Å². The summed E-state index contributed by atoms with van der Waals surface area (Å²) in [5, 5.41) is 3.11. The van der Waals surface area contributed by atoms with Gasteiger partial charge in [-0.25, -0.2) is 0 Å². The van der Waals surface area contributed by atoms with Gasteiger partial charge in [-0.1, -0.05) is 34.6 Å². The summed E-state index contributed by atoms with van der Waals surface area (Å²) < 4.78 is 5.20. The number of rotatable bonds is 4. The summed E-state index contributed by atoms with van der Waals surface area (Å²) in [7, 11) is 1.65. The SMILES string of the molecule is CC.COc1ccc(NC(=O)C2CC(C)CC2C(C)C)c(C)c1.CS. The van der Waals surface area contributed by atoms with Crippen molar-refractivity contribution >= 4 is 24.2 Å². The molecule has 4 heteroatoms. The van der Waals surface area contributed by atoms with Crippen molar-refractivity contribution in [3.05, 3.63) is 23.8 Å². The summed E-state index contributed by atoms with van der Waals surface area (Å²) in [5.41, 5.74) is 1.93. The molecule has 3 atom stereocenters. The van der Waals surface area contributed by atoms with Gasteiger partial charge in [-0.2, -0.15) is 12.6 Å². The monoisotopic (exact) mass is 367 g/mol. The fourth-order valence-corrected chi connectivity index (χ4v) is 3.50. The number of methoxy groups -OCH3 is 1. The van der Waals surface area contributed by atoms with E-state index in [0.29, 0.717) is 17.8 Å². The zero-order valence-electron chi connectivity index (χ0n) is 17.2. The Kier molecular flexibility index (Phi) is 11.7. The zero-order valence-corrected chi connectivity index (χ0v) is 18.1. The number of nitrogens with one attached hydrogen (secondary N) is 1. The average Bonchev–Trinajstić information content (AvgIpc) is 3.02. The summed E-state index contributed by atoms with van der Waals surface area (Å²) in [6.07, 6.45) is 3.86. The first-order chi connectivity index (χ1) is 11.9. The van der Waals surface area contributed by atoms with Crippen LogP contribution in [0, 0.1) is 30.6 Å². The predicted octanol–water partition coefficient (Wildman–Crippen LogP) is 5.83. The molecule has 1 fully saturated rings. The molecule has 0 heterocycles. The smallest absolute Gasteiger partial charge is 0.227 e. The molecule has 0 bridgehead atoms. The van der Waals surface area contributed by atoms with E-state index in [1.54, 1.807) is 13.4 Å². The molecule has 1 amide bonds. The van der Waals surface area contributed by atoms with Crippen molar-refractivity contribution in [3.8, 4) is 5.75 Å². The third-order valence-corrected chi connectivity index (χ3v) is 4.73. The molecular weight excluding hydrogens is 330 g/mol. The summed E-state index contributed by atoms with van der Waals surface area (Å²) in [5.74, 6) is 2.83. The third-order valence-electron chi connectivity index (χ3n) is 4.73. The van der Waals surface area contributed by atoms with Gasteiger partial charge in [0, 0.05) is 11.6 Å². The van der Waals surface area contributed by atoms with Crippen LogP contribution in [0.4, 0.5) is 5.69 Å². The molecule has 0 spiro atoms. The first-order valence-corrected chi connectivity index (χ1v) is 10.2. The highest BCUT2D eigenvalue weighted by molar-refractivity contribution is 7.79. The van der Waals surface area contributed by atoms with Crippen molar-refractivity contribution in [1.82, 2.24) is 0 Å². The van der Waals surface area contributed by atoms with Crippen LogP contribution in [-0.4, -0.2) is 19.3 Å². The van der Waals surface area contributed by atoms with Crippen LogP contribution < -0.4 is 10.1 Å². The number of ether oxygens (including phenoxy) is 1. The Morgan fingerprint density at radius 1 is 1.24 bits per heavy atom. The number of carbonyl (C=O) groups excluding carboxylic acids is 1. The molecule has 1 N–H and O–H groups in total. The molecule has 0 radical (unpaired) electrons. The number of thiol groups is 1. The number of aryl methyl sites for hydroxylation is 1. The first-order valence-electron chi connectivity index (χ1n) is 9.32. The molecular formula is C21H37NO2S. The second-order valence-corrected chi connectivity index (χ2v) is 6.76. The minimum Gasteiger partial charge on any atom is -0.497 e. The molecule has 3 nitrogen and oxygen atoms in total. The molecule has 25 heavy (non-hydrogen) atoms. The van der Waals surface area contributed by atoms with E-state index in [-0.39, 0.29) is 11.8 Å². The minimum atomic E-state index is 0.140. The summed E-state index contributed by atoms with van der Waals surface area (Å²) in [6.45, 7) is 12.7. The first kappa shape index (κ1) is 23.8. The maximum atomic E-state index is 12.6. The molecule has 1 aromatic carbocycles. The molecule has 1 saturated carbocycles. The number of anilines is 1. The van der Waals surface area contributed by atoms with Crippen LogP contribution in [0.1, 0.15) is 53.0 Å². The summed E-state index contributed by atoms with van der Waals surface area (Å²) in [6, 6.07) is 5.77. The van der Waals surface area contributed by atoms with E-state index in [1.165, 1.54) is 0 Å². The van der Waals surface area contributed by atoms with Crippen LogP contribution in [0.5, 0.6) is 5.75 Å². The Morgan fingerprint density at radius 2 is 1.84 bits per heavy atom. The van der Waals surface area contributed by atoms with Gasteiger partial charge in [-0.3, -0.25) is 4.79 Å². The lowest BCUT2D eigenvalue weighted by molar-refractivity contribution is -0.121. The standard InChI is InChI=1S/C18H27NO2.C2H6.CH4S/c1-11(2)15-8-12(3)9-16(15)18(20)19-17-7-6-14(21-5)10-13(17)4;2*1-2/h6-7,10-12,15-16H,8-9H2,1-5H3,(H,19,20);1-2H3;2H,1H3. The number of amides is 1. The molecule has 0 aromatic heterocycles. The van der Waals surface area contributed by atoms with Crippen molar-refractivity contribution in [2.24, 2.45) is 23.7 Å². The number of carbonyl (C=O) groups is 1. The molecule has 144 valence electrons. The normalized spacial score (nSPS) is 21.6. The topological polar surface area (TPSA) is 38.3 Å². The van der Waals surface area contributed by atoms with E-state index in [2.05, 4.69) is 38.7 Å². The second kappa shape index (κ2) is 12.2. The van der Waals surface area contributed by atoms with Gasteiger partial charge >= 0.3 is 0 Å². The van der Waals surface area contributed by atoms with E-state index in [4.69, 9.17) is 4.74 Å². The van der Waals surface area contributed by atoms with E-state index < -0.39 is 0 Å². The third kappa shape index (κ3) is 6.93. The maximum absolute atomic E-state index is 12.6. The van der Waals surface area contributed by atoms with Gasteiger partial charge in [0.25, 0.3) is 0 Å². The van der Waals surface area contributed by atoms with Gasteiger partial charge in [0.2, 0.25) is 5.91 Å². The van der Waals surface area contributed by atoms with Crippen molar-refractivity contribution in [2.75, 3.05) is 18.7 Å². The van der Waals surface area contributed by atoms with Crippen LogP contribution in [0.15, 0.2) is 18.2 Å². The van der Waals surface area contributed by atoms with Gasteiger partial charge < -0.3 is 10.1 Å². The molecule has 3 unspecified atom stereocenters. The number of benzene rings is 1. The van der Waals surface area contributed by atoms with Crippen LogP contribution in [0.2, 0.25) is 0 Å². The average molecular weight is 368 g/mol. The van der Waals surface area contributed by atoms with Crippen LogP contribution >= 0.6 is 12.6 Å². The lowest BCUT2D eigenvalue weighted by Gasteiger charge is -2.22. The summed E-state index contributed by atoms with van der Waals surface area (Å²) >= 11 is 3.53. The maximum Gasteiger partial charge on any atom is 0.227 e. The predicted molar refractivity (Wildman–Crippen MR) is 113 cm³/mol. The zero-order chi connectivity index (χ0) is 19.6. The molecule has 1 aliphatic rings.